The lowest BCUT2D eigenvalue weighted by Gasteiger charge is -2.36. The van der Waals surface area contributed by atoms with Gasteiger partial charge in [-0.2, -0.15) is 0 Å². The molecule has 2 aliphatic heterocycles. The van der Waals surface area contributed by atoms with E-state index in [1.165, 1.54) is 0 Å². The predicted octanol–water partition coefficient (Wildman–Crippen LogP) is 0.972. The number of rotatable bonds is 3. The number of carbonyl (C=O) groups is 2. The highest BCUT2D eigenvalue weighted by molar-refractivity contribution is 6.30. The molecule has 2 fully saturated rings. The first-order valence-electron chi connectivity index (χ1n) is 8.27. The van der Waals surface area contributed by atoms with Crippen molar-refractivity contribution in [3.05, 3.63) is 29.3 Å². The highest BCUT2D eigenvalue weighted by atomic mass is 35.5. The van der Waals surface area contributed by atoms with Crippen LogP contribution in [0.1, 0.15) is 12.8 Å². The van der Waals surface area contributed by atoms with E-state index in [0.717, 1.165) is 25.1 Å². The fourth-order valence-electron chi connectivity index (χ4n) is 3.27. The molecule has 0 spiro atoms. The van der Waals surface area contributed by atoms with Crippen LogP contribution in [0.3, 0.4) is 0 Å². The Hall–Kier alpha value is -1.63. The molecule has 3 rings (SSSR count). The van der Waals surface area contributed by atoms with Gasteiger partial charge in [0.25, 0.3) is 0 Å². The Kier molecular flexibility index (Phi) is 5.38. The summed E-state index contributed by atoms with van der Waals surface area (Å²) in [6.07, 6.45) is 1.34. The van der Waals surface area contributed by atoms with Gasteiger partial charge in [-0.05, 0) is 37.6 Å². The van der Waals surface area contributed by atoms with Gasteiger partial charge in [0.2, 0.25) is 11.8 Å². The lowest BCUT2D eigenvalue weighted by molar-refractivity contribution is -0.138. The van der Waals surface area contributed by atoms with Crippen LogP contribution in [0.2, 0.25) is 5.02 Å². The molecule has 2 amide bonds. The number of aliphatic hydroxyl groups excluding tert-OH is 1. The minimum Gasteiger partial charge on any atom is -0.392 e. The van der Waals surface area contributed by atoms with Gasteiger partial charge in [-0.25, -0.2) is 0 Å². The van der Waals surface area contributed by atoms with Crippen molar-refractivity contribution in [1.29, 1.82) is 0 Å². The van der Waals surface area contributed by atoms with Crippen LogP contribution in [0.4, 0.5) is 5.69 Å². The van der Waals surface area contributed by atoms with Gasteiger partial charge < -0.3 is 14.9 Å². The van der Waals surface area contributed by atoms with E-state index in [0.29, 0.717) is 24.7 Å². The molecule has 0 bridgehead atoms. The number of β-amino-alcohol motifs (C(OH)–C–C–N with tert-alkyl or cyclic N) is 1. The number of amides is 2. The van der Waals surface area contributed by atoms with Crippen LogP contribution in [-0.2, 0) is 9.59 Å². The molecule has 1 aromatic rings. The van der Waals surface area contributed by atoms with Crippen LogP contribution in [0.15, 0.2) is 24.3 Å². The molecule has 7 heteroatoms. The number of hydrogen-bond acceptors (Lipinski definition) is 4. The third-order valence-electron chi connectivity index (χ3n) is 4.53. The Labute approximate surface area is 146 Å². The quantitative estimate of drug-likeness (QED) is 0.881. The minimum atomic E-state index is -0.354. The molecular formula is C17H22ClN3O3. The summed E-state index contributed by atoms with van der Waals surface area (Å²) in [7, 11) is 0. The van der Waals surface area contributed by atoms with E-state index in [1.54, 1.807) is 21.9 Å². The van der Waals surface area contributed by atoms with Gasteiger partial charge in [-0.3, -0.25) is 14.5 Å². The Morgan fingerprint density at radius 2 is 2.12 bits per heavy atom. The molecule has 0 aromatic heterocycles. The molecule has 6 nitrogen and oxygen atoms in total. The van der Waals surface area contributed by atoms with Crippen molar-refractivity contribution in [3.63, 3.8) is 0 Å². The van der Waals surface area contributed by atoms with E-state index in [2.05, 4.69) is 0 Å². The van der Waals surface area contributed by atoms with Crippen LogP contribution in [0.25, 0.3) is 0 Å². The highest BCUT2D eigenvalue weighted by Crippen LogP contribution is 2.21. The Bertz CT molecular complexity index is 625. The maximum Gasteiger partial charge on any atom is 0.246 e. The summed E-state index contributed by atoms with van der Waals surface area (Å²) in [5.74, 6) is -0.154. The second-order valence-corrected chi connectivity index (χ2v) is 6.81. The van der Waals surface area contributed by atoms with Gasteiger partial charge in [0, 0.05) is 30.3 Å². The van der Waals surface area contributed by atoms with E-state index < -0.39 is 0 Å². The number of nitrogens with zero attached hydrogens (tertiary/aromatic N) is 3. The third-order valence-corrected chi connectivity index (χ3v) is 4.77. The van der Waals surface area contributed by atoms with Crippen molar-refractivity contribution in [2.75, 3.05) is 44.2 Å². The van der Waals surface area contributed by atoms with Crippen LogP contribution in [0, 0.1) is 0 Å². The topological polar surface area (TPSA) is 64.1 Å². The van der Waals surface area contributed by atoms with Gasteiger partial charge in [0.1, 0.15) is 6.54 Å². The first-order valence-corrected chi connectivity index (χ1v) is 8.65. The summed E-state index contributed by atoms with van der Waals surface area (Å²) in [4.78, 5) is 30.1. The second-order valence-electron chi connectivity index (χ2n) is 6.37. The fraction of sp³-hybridized carbons (Fsp3) is 0.529. The van der Waals surface area contributed by atoms with E-state index in [9.17, 15) is 14.7 Å². The number of benzene rings is 1. The molecular weight excluding hydrogens is 330 g/mol. The highest BCUT2D eigenvalue weighted by Gasteiger charge is 2.29. The SMILES string of the molecule is O=C(CN1CCCC(O)C1)N1CCN(c2cccc(Cl)c2)C(=O)C1. The van der Waals surface area contributed by atoms with E-state index in [4.69, 9.17) is 11.6 Å². The summed E-state index contributed by atoms with van der Waals surface area (Å²) in [5, 5.41) is 10.3. The van der Waals surface area contributed by atoms with Gasteiger partial charge in [0.05, 0.1) is 12.6 Å². The van der Waals surface area contributed by atoms with Crippen LogP contribution in [0.5, 0.6) is 0 Å². The van der Waals surface area contributed by atoms with Crippen molar-refractivity contribution in [2.45, 2.75) is 18.9 Å². The van der Waals surface area contributed by atoms with E-state index >= 15 is 0 Å². The minimum absolute atomic E-state index is 0.0526. The third kappa shape index (κ3) is 4.06. The van der Waals surface area contributed by atoms with Crippen molar-refractivity contribution in [1.82, 2.24) is 9.80 Å². The average Bonchev–Trinajstić information content (AvgIpc) is 2.54. The molecule has 130 valence electrons. The van der Waals surface area contributed by atoms with Crippen LogP contribution in [-0.4, -0.2) is 72.1 Å². The maximum atomic E-state index is 12.4. The first-order chi connectivity index (χ1) is 11.5. The van der Waals surface area contributed by atoms with Crippen molar-refractivity contribution >= 4 is 29.1 Å². The predicted molar refractivity (Wildman–Crippen MR) is 92.1 cm³/mol. The Morgan fingerprint density at radius 3 is 2.83 bits per heavy atom. The van der Waals surface area contributed by atoms with Gasteiger partial charge >= 0.3 is 0 Å². The zero-order valence-electron chi connectivity index (χ0n) is 13.5. The lowest BCUT2D eigenvalue weighted by atomic mass is 10.1. The van der Waals surface area contributed by atoms with E-state index in [1.807, 2.05) is 17.0 Å². The van der Waals surface area contributed by atoms with E-state index in [-0.39, 0.29) is 31.0 Å². The summed E-state index contributed by atoms with van der Waals surface area (Å²) >= 11 is 5.98. The average molecular weight is 352 g/mol. The molecule has 2 saturated heterocycles. The van der Waals surface area contributed by atoms with Crippen molar-refractivity contribution in [3.8, 4) is 0 Å². The maximum absolute atomic E-state index is 12.4. The fourth-order valence-corrected chi connectivity index (χ4v) is 3.45. The number of carbonyl (C=O) groups excluding carboxylic acids is 2. The summed E-state index contributed by atoms with van der Waals surface area (Å²) in [6.45, 7) is 2.67. The standard InChI is InChI=1S/C17H22ClN3O3/c18-13-3-1-4-14(9-13)21-8-7-20(12-17(21)24)16(23)11-19-6-2-5-15(22)10-19/h1,3-4,9,15,22H,2,5-8,10-12H2. The zero-order valence-corrected chi connectivity index (χ0v) is 14.3. The molecule has 1 aromatic carbocycles. The molecule has 1 unspecified atom stereocenters. The van der Waals surface area contributed by atoms with Crippen molar-refractivity contribution in [2.24, 2.45) is 0 Å². The number of anilines is 1. The first kappa shape index (κ1) is 17.2. The zero-order chi connectivity index (χ0) is 17.1. The Morgan fingerprint density at radius 1 is 1.29 bits per heavy atom. The molecule has 0 radical (unpaired) electrons. The molecule has 0 saturated carbocycles. The molecule has 2 heterocycles. The number of piperidine rings is 1. The lowest BCUT2D eigenvalue weighted by Crippen LogP contribution is -2.55. The summed E-state index contributed by atoms with van der Waals surface area (Å²) in [6, 6.07) is 7.18. The molecule has 2 aliphatic rings. The molecule has 0 aliphatic carbocycles. The number of likely N-dealkylation sites (tertiary alicyclic amines) is 1. The number of aliphatic hydroxyl groups is 1. The van der Waals surface area contributed by atoms with Crippen LogP contribution < -0.4 is 4.90 Å². The van der Waals surface area contributed by atoms with Gasteiger partial charge in [-0.1, -0.05) is 17.7 Å². The van der Waals surface area contributed by atoms with Crippen LogP contribution >= 0.6 is 11.6 Å². The van der Waals surface area contributed by atoms with Crippen molar-refractivity contribution < 1.29 is 14.7 Å². The molecule has 24 heavy (non-hydrogen) atoms. The van der Waals surface area contributed by atoms with Gasteiger partial charge in [0.15, 0.2) is 0 Å². The normalized spacial score (nSPS) is 22.8. The summed E-state index contributed by atoms with van der Waals surface area (Å²) < 4.78 is 0. The van der Waals surface area contributed by atoms with Gasteiger partial charge in [-0.15, -0.1) is 0 Å². The second kappa shape index (κ2) is 7.51. The monoisotopic (exact) mass is 351 g/mol. The molecule has 1 N–H and O–H groups in total. The number of piperazine rings is 1. The summed E-state index contributed by atoms with van der Waals surface area (Å²) in [5.41, 5.74) is 0.763. The number of halogens is 1. The number of hydrogen-bond donors (Lipinski definition) is 1. The largest absolute Gasteiger partial charge is 0.392 e. The Balaban J connectivity index is 1.57. The molecule has 1 atom stereocenters. The smallest absolute Gasteiger partial charge is 0.246 e.